The predicted octanol–water partition coefficient (Wildman–Crippen LogP) is 4.54. The predicted molar refractivity (Wildman–Crippen MR) is 107 cm³/mol. The molecule has 0 bridgehead atoms. The van der Waals surface area contributed by atoms with E-state index in [0.29, 0.717) is 16.4 Å². The monoisotopic (exact) mass is 383 g/mol. The maximum absolute atomic E-state index is 12.6. The first kappa shape index (κ1) is 17.1. The molecule has 7 heteroatoms. The number of thioether (sulfide) groups is 1. The van der Waals surface area contributed by atoms with Gasteiger partial charge in [-0.25, -0.2) is 4.98 Å². The number of thiazole rings is 1. The first-order valence-electron chi connectivity index (χ1n) is 8.36. The first-order chi connectivity index (χ1) is 12.5. The SMILES string of the molecule is CCc1ccc2nc(NC(=O)c3ccc4c(c3)NC(=O)[C@H](C)S4)sc2c1. The topological polar surface area (TPSA) is 71.1 Å². The Kier molecular flexibility index (Phi) is 4.42. The van der Waals surface area contributed by atoms with Crippen molar-refractivity contribution in [3.8, 4) is 0 Å². The fraction of sp³-hybridized carbons (Fsp3) is 0.211. The molecule has 0 aliphatic carbocycles. The fourth-order valence-electron chi connectivity index (χ4n) is 2.76. The van der Waals surface area contributed by atoms with Gasteiger partial charge in [0.05, 0.1) is 21.2 Å². The number of carbonyl (C=O) groups excluding carboxylic acids is 2. The summed E-state index contributed by atoms with van der Waals surface area (Å²) in [7, 11) is 0. The second kappa shape index (κ2) is 6.74. The van der Waals surface area contributed by atoms with Crippen LogP contribution in [-0.4, -0.2) is 22.0 Å². The summed E-state index contributed by atoms with van der Waals surface area (Å²) in [6, 6.07) is 11.5. The minimum Gasteiger partial charge on any atom is -0.324 e. The van der Waals surface area contributed by atoms with Gasteiger partial charge in [0.2, 0.25) is 5.91 Å². The lowest BCUT2D eigenvalue weighted by Gasteiger charge is -2.21. The van der Waals surface area contributed by atoms with Crippen LogP contribution in [0, 0.1) is 0 Å². The molecule has 132 valence electrons. The Morgan fingerprint density at radius 1 is 1.27 bits per heavy atom. The zero-order valence-electron chi connectivity index (χ0n) is 14.3. The van der Waals surface area contributed by atoms with Crippen molar-refractivity contribution in [2.45, 2.75) is 30.4 Å². The Morgan fingerprint density at radius 3 is 2.92 bits per heavy atom. The molecule has 1 aromatic heterocycles. The molecule has 0 saturated carbocycles. The molecule has 2 heterocycles. The maximum atomic E-state index is 12.6. The number of benzene rings is 2. The normalized spacial score (nSPS) is 16.2. The lowest BCUT2D eigenvalue weighted by Crippen LogP contribution is -2.26. The van der Waals surface area contributed by atoms with Crippen molar-refractivity contribution in [2.75, 3.05) is 10.6 Å². The fourth-order valence-corrected chi connectivity index (χ4v) is 4.62. The summed E-state index contributed by atoms with van der Waals surface area (Å²) >= 11 is 2.96. The van der Waals surface area contributed by atoms with Gasteiger partial charge in [-0.3, -0.25) is 14.9 Å². The Bertz CT molecular complexity index is 1030. The van der Waals surface area contributed by atoms with Gasteiger partial charge in [0.1, 0.15) is 0 Å². The number of anilines is 2. The Hall–Kier alpha value is -2.38. The number of carbonyl (C=O) groups is 2. The van der Waals surface area contributed by atoms with E-state index in [0.717, 1.165) is 21.5 Å². The Morgan fingerprint density at radius 2 is 2.12 bits per heavy atom. The van der Waals surface area contributed by atoms with Crippen LogP contribution in [0.3, 0.4) is 0 Å². The van der Waals surface area contributed by atoms with Crippen molar-refractivity contribution in [3.05, 3.63) is 47.5 Å². The van der Waals surface area contributed by atoms with Crippen LogP contribution in [0.15, 0.2) is 41.3 Å². The van der Waals surface area contributed by atoms with Gasteiger partial charge in [0.15, 0.2) is 5.13 Å². The third-order valence-electron chi connectivity index (χ3n) is 4.25. The molecular formula is C19H17N3O2S2. The van der Waals surface area contributed by atoms with Gasteiger partial charge in [-0.1, -0.05) is 24.3 Å². The minimum atomic E-state index is -0.236. The van der Waals surface area contributed by atoms with E-state index in [1.165, 1.54) is 28.7 Å². The second-order valence-electron chi connectivity index (χ2n) is 6.09. The molecule has 3 aromatic rings. The minimum absolute atomic E-state index is 0.0436. The van der Waals surface area contributed by atoms with Crippen LogP contribution in [0.4, 0.5) is 10.8 Å². The van der Waals surface area contributed by atoms with Crippen LogP contribution in [0.5, 0.6) is 0 Å². The lowest BCUT2D eigenvalue weighted by molar-refractivity contribution is -0.115. The summed E-state index contributed by atoms with van der Waals surface area (Å²) in [5, 5.41) is 6.16. The number of fused-ring (bicyclic) bond motifs is 2. The standard InChI is InChI=1S/C19H17N3O2S2/c1-3-11-4-6-13-16(8-11)26-19(21-13)22-18(24)12-5-7-15-14(9-12)20-17(23)10(2)25-15/h4-10H,3H2,1-2H3,(H,20,23)(H,21,22,24)/t10-/m0/s1. The van der Waals surface area contributed by atoms with Crippen molar-refractivity contribution in [2.24, 2.45) is 0 Å². The van der Waals surface area contributed by atoms with Crippen molar-refractivity contribution >= 4 is 55.9 Å². The highest BCUT2D eigenvalue weighted by atomic mass is 32.2. The number of hydrogen-bond acceptors (Lipinski definition) is 5. The van der Waals surface area contributed by atoms with E-state index in [1.54, 1.807) is 12.1 Å². The first-order valence-corrected chi connectivity index (χ1v) is 10.1. The quantitative estimate of drug-likeness (QED) is 0.696. The van der Waals surface area contributed by atoms with Crippen molar-refractivity contribution in [1.29, 1.82) is 0 Å². The summed E-state index contributed by atoms with van der Waals surface area (Å²) in [6.45, 7) is 3.97. The van der Waals surface area contributed by atoms with E-state index in [1.807, 2.05) is 19.1 Å². The Labute approximate surface area is 159 Å². The van der Waals surface area contributed by atoms with Crippen LogP contribution in [-0.2, 0) is 11.2 Å². The third kappa shape index (κ3) is 3.20. The van der Waals surface area contributed by atoms with Gasteiger partial charge in [-0.15, -0.1) is 11.8 Å². The number of nitrogens with zero attached hydrogens (tertiary/aromatic N) is 1. The molecule has 4 rings (SSSR count). The molecule has 2 N–H and O–H groups in total. The van der Waals surface area contributed by atoms with Gasteiger partial charge in [-0.05, 0) is 49.2 Å². The van der Waals surface area contributed by atoms with E-state index in [2.05, 4.69) is 34.7 Å². The lowest BCUT2D eigenvalue weighted by atomic mass is 10.2. The van der Waals surface area contributed by atoms with Gasteiger partial charge in [0.25, 0.3) is 5.91 Å². The number of rotatable bonds is 3. The zero-order valence-corrected chi connectivity index (χ0v) is 16.0. The summed E-state index contributed by atoms with van der Waals surface area (Å²) in [6.07, 6.45) is 0.965. The smallest absolute Gasteiger partial charge is 0.257 e. The van der Waals surface area contributed by atoms with Crippen LogP contribution in [0.2, 0.25) is 0 Å². The van der Waals surface area contributed by atoms with Crippen LogP contribution >= 0.6 is 23.1 Å². The molecule has 0 unspecified atom stereocenters. The zero-order chi connectivity index (χ0) is 18.3. The number of amides is 2. The Balaban J connectivity index is 1.57. The van der Waals surface area contributed by atoms with E-state index in [-0.39, 0.29) is 17.1 Å². The highest BCUT2D eigenvalue weighted by molar-refractivity contribution is 8.00. The highest BCUT2D eigenvalue weighted by Gasteiger charge is 2.24. The van der Waals surface area contributed by atoms with Crippen molar-refractivity contribution in [3.63, 3.8) is 0 Å². The van der Waals surface area contributed by atoms with Crippen molar-refractivity contribution < 1.29 is 9.59 Å². The molecule has 0 saturated heterocycles. The number of aryl methyl sites for hydroxylation is 1. The molecule has 1 atom stereocenters. The summed E-state index contributed by atoms with van der Waals surface area (Å²) < 4.78 is 1.06. The molecule has 5 nitrogen and oxygen atoms in total. The van der Waals surface area contributed by atoms with E-state index in [4.69, 9.17) is 0 Å². The van der Waals surface area contributed by atoms with Crippen LogP contribution < -0.4 is 10.6 Å². The molecular weight excluding hydrogens is 366 g/mol. The van der Waals surface area contributed by atoms with Gasteiger partial charge in [-0.2, -0.15) is 0 Å². The summed E-state index contributed by atoms with van der Waals surface area (Å²) in [5.74, 6) is -0.279. The summed E-state index contributed by atoms with van der Waals surface area (Å²) in [4.78, 5) is 29.9. The average molecular weight is 383 g/mol. The number of aromatic nitrogens is 1. The van der Waals surface area contributed by atoms with Gasteiger partial charge in [0, 0.05) is 10.5 Å². The molecule has 0 spiro atoms. The maximum Gasteiger partial charge on any atom is 0.257 e. The largest absolute Gasteiger partial charge is 0.324 e. The molecule has 0 fully saturated rings. The molecule has 2 amide bonds. The molecule has 0 radical (unpaired) electrons. The highest BCUT2D eigenvalue weighted by Crippen LogP contribution is 2.36. The van der Waals surface area contributed by atoms with Crippen LogP contribution in [0.1, 0.15) is 29.8 Å². The second-order valence-corrected chi connectivity index (χ2v) is 8.50. The third-order valence-corrected chi connectivity index (χ3v) is 6.37. The van der Waals surface area contributed by atoms with Crippen molar-refractivity contribution in [1.82, 2.24) is 4.98 Å². The van der Waals surface area contributed by atoms with E-state index < -0.39 is 0 Å². The van der Waals surface area contributed by atoms with E-state index in [9.17, 15) is 9.59 Å². The van der Waals surface area contributed by atoms with Gasteiger partial charge >= 0.3 is 0 Å². The summed E-state index contributed by atoms with van der Waals surface area (Å²) in [5.41, 5.74) is 3.30. The number of nitrogens with one attached hydrogen (secondary N) is 2. The average Bonchev–Trinajstić information content (AvgIpc) is 3.03. The molecule has 1 aliphatic heterocycles. The van der Waals surface area contributed by atoms with Gasteiger partial charge < -0.3 is 5.32 Å². The molecule has 2 aromatic carbocycles. The van der Waals surface area contributed by atoms with E-state index >= 15 is 0 Å². The number of hydrogen-bond donors (Lipinski definition) is 2. The molecule has 1 aliphatic rings. The molecule has 26 heavy (non-hydrogen) atoms. The van der Waals surface area contributed by atoms with Crippen LogP contribution in [0.25, 0.3) is 10.2 Å².